The zero-order valence-corrected chi connectivity index (χ0v) is 26.8. The molecule has 0 aliphatic heterocycles. The lowest BCUT2D eigenvalue weighted by Gasteiger charge is -2.23. The number of rotatable bonds is 7. The second-order valence-corrected chi connectivity index (χ2v) is 13.2. The second-order valence-electron chi connectivity index (χ2n) is 13.2. The molecule has 2 nitrogen and oxygen atoms in total. The number of nitrogens with one attached hydrogen (secondary N) is 1. The van der Waals surface area contributed by atoms with Gasteiger partial charge in [0, 0.05) is 5.41 Å². The van der Waals surface area contributed by atoms with E-state index in [2.05, 4.69) is 165 Å². The van der Waals surface area contributed by atoms with E-state index in [1.807, 2.05) is 18.2 Å². The normalized spacial score (nSPS) is 14.7. The molecule has 0 heterocycles. The van der Waals surface area contributed by atoms with Gasteiger partial charge in [-0.25, -0.2) is 0 Å². The van der Waals surface area contributed by atoms with Crippen LogP contribution < -0.4 is 11.1 Å². The average molecular weight is 607 g/mol. The van der Waals surface area contributed by atoms with Gasteiger partial charge in [0.25, 0.3) is 0 Å². The Morgan fingerprint density at radius 1 is 0.574 bits per heavy atom. The van der Waals surface area contributed by atoms with E-state index in [1.165, 1.54) is 60.5 Å². The third-order valence-corrected chi connectivity index (χ3v) is 9.93. The van der Waals surface area contributed by atoms with Crippen LogP contribution in [-0.2, 0) is 5.41 Å². The van der Waals surface area contributed by atoms with Crippen molar-refractivity contribution in [2.24, 2.45) is 5.73 Å². The summed E-state index contributed by atoms with van der Waals surface area (Å²) < 4.78 is 0. The molecule has 2 heteroatoms. The molecule has 0 spiro atoms. The smallest absolute Gasteiger partial charge is 0.0817 e. The van der Waals surface area contributed by atoms with Gasteiger partial charge in [0.1, 0.15) is 0 Å². The molecule has 47 heavy (non-hydrogen) atoms. The van der Waals surface area contributed by atoms with Crippen LogP contribution in [0.1, 0.15) is 53.9 Å². The van der Waals surface area contributed by atoms with Crippen molar-refractivity contribution in [1.29, 1.82) is 0 Å². The number of nitrogens with two attached hydrogens (primary N) is 1. The van der Waals surface area contributed by atoms with Crippen LogP contribution in [0.25, 0.3) is 49.9 Å². The zero-order chi connectivity index (χ0) is 32.0. The van der Waals surface area contributed by atoms with Gasteiger partial charge in [-0.05, 0) is 89.8 Å². The van der Waals surface area contributed by atoms with E-state index in [1.54, 1.807) is 0 Å². The molecule has 2 atom stereocenters. The highest BCUT2D eigenvalue weighted by Crippen LogP contribution is 2.51. The van der Waals surface area contributed by atoms with Crippen LogP contribution >= 0.6 is 0 Å². The lowest BCUT2D eigenvalue weighted by molar-refractivity contribution is 0.509. The van der Waals surface area contributed by atoms with Gasteiger partial charge in [0.15, 0.2) is 0 Å². The lowest BCUT2D eigenvalue weighted by atomic mass is 9.81. The van der Waals surface area contributed by atoms with Crippen molar-refractivity contribution in [3.8, 4) is 22.3 Å². The Hall–Kier alpha value is -5.28. The number of fused-ring (bicyclic) bond motifs is 5. The first-order chi connectivity index (χ1) is 23.0. The largest absolute Gasteiger partial charge is 0.312 e. The summed E-state index contributed by atoms with van der Waals surface area (Å²) in [4.78, 5) is 0. The van der Waals surface area contributed by atoms with Gasteiger partial charge in [0.2, 0.25) is 0 Å². The first-order valence-electron chi connectivity index (χ1n) is 16.5. The highest BCUT2D eigenvalue weighted by molar-refractivity contribution is 5.97. The SMILES string of the molecule is CC1(C)c2cc3ccccc3cc2-c2c(/C=C/C(NC(N)c3ccccc3)c3cccc(-c4cccc5ccccc45)c3)cccc21. The molecule has 0 saturated heterocycles. The third kappa shape index (κ3) is 5.26. The van der Waals surface area contributed by atoms with Crippen LogP contribution in [0.4, 0.5) is 0 Å². The van der Waals surface area contributed by atoms with Gasteiger partial charge in [-0.1, -0.05) is 159 Å². The van der Waals surface area contributed by atoms with Crippen LogP contribution in [0.2, 0.25) is 0 Å². The van der Waals surface area contributed by atoms with Crippen molar-refractivity contribution < 1.29 is 0 Å². The van der Waals surface area contributed by atoms with Crippen molar-refractivity contribution in [2.75, 3.05) is 0 Å². The van der Waals surface area contributed by atoms with E-state index >= 15 is 0 Å². The van der Waals surface area contributed by atoms with Gasteiger partial charge >= 0.3 is 0 Å². The van der Waals surface area contributed by atoms with E-state index in [4.69, 9.17) is 5.73 Å². The van der Waals surface area contributed by atoms with E-state index in [0.29, 0.717) is 0 Å². The third-order valence-electron chi connectivity index (χ3n) is 9.93. The molecule has 7 aromatic rings. The standard InChI is InChI=1S/C45H38N2/c1-45(2)40-24-12-19-31(43(40)39-28-33-16-6-7-17-34(33)29-41(39)45)25-26-42(47-44(46)32-14-4-3-5-15-32)36-21-10-20-35(27-36)38-23-11-18-30-13-8-9-22-37(30)38/h3-29,42,44,47H,46H2,1-2H3/b26-25+. The number of hydrogen-bond donors (Lipinski definition) is 2. The highest BCUT2D eigenvalue weighted by Gasteiger charge is 2.36. The molecule has 0 aromatic heterocycles. The molecular formula is C45H38N2. The molecule has 0 radical (unpaired) electrons. The molecule has 2 unspecified atom stereocenters. The Morgan fingerprint density at radius 2 is 1.23 bits per heavy atom. The predicted molar refractivity (Wildman–Crippen MR) is 199 cm³/mol. The summed E-state index contributed by atoms with van der Waals surface area (Å²) in [6.45, 7) is 4.70. The van der Waals surface area contributed by atoms with Crippen LogP contribution in [0.15, 0.2) is 158 Å². The fourth-order valence-electron chi connectivity index (χ4n) is 7.43. The Labute approximate surface area is 277 Å². The summed E-state index contributed by atoms with van der Waals surface area (Å²) >= 11 is 0. The molecule has 8 rings (SSSR count). The molecule has 7 aromatic carbocycles. The Balaban J connectivity index is 1.23. The topological polar surface area (TPSA) is 38.0 Å². The zero-order valence-electron chi connectivity index (χ0n) is 26.8. The van der Waals surface area contributed by atoms with Gasteiger partial charge in [-0.15, -0.1) is 0 Å². The van der Waals surface area contributed by atoms with Crippen LogP contribution in [0.5, 0.6) is 0 Å². The van der Waals surface area contributed by atoms with E-state index in [9.17, 15) is 0 Å². The molecule has 3 N–H and O–H groups in total. The minimum Gasteiger partial charge on any atom is -0.312 e. The van der Waals surface area contributed by atoms with Crippen molar-refractivity contribution in [1.82, 2.24) is 5.32 Å². The van der Waals surface area contributed by atoms with Crippen molar-refractivity contribution >= 4 is 27.6 Å². The van der Waals surface area contributed by atoms with Crippen LogP contribution in [0, 0.1) is 0 Å². The Kier molecular flexibility index (Phi) is 7.33. The van der Waals surface area contributed by atoms with Crippen LogP contribution in [0.3, 0.4) is 0 Å². The molecule has 1 aliphatic rings. The molecule has 0 amide bonds. The van der Waals surface area contributed by atoms with Gasteiger partial charge < -0.3 is 5.73 Å². The molecule has 228 valence electrons. The first kappa shape index (κ1) is 29.1. The van der Waals surface area contributed by atoms with Gasteiger partial charge in [0.05, 0.1) is 12.2 Å². The Morgan fingerprint density at radius 3 is 2.06 bits per heavy atom. The van der Waals surface area contributed by atoms with E-state index in [-0.39, 0.29) is 17.6 Å². The maximum Gasteiger partial charge on any atom is 0.0817 e. The average Bonchev–Trinajstić information content (AvgIpc) is 3.34. The van der Waals surface area contributed by atoms with Crippen molar-refractivity contribution in [3.63, 3.8) is 0 Å². The van der Waals surface area contributed by atoms with Gasteiger partial charge in [-0.3, -0.25) is 5.32 Å². The van der Waals surface area contributed by atoms with E-state index in [0.717, 1.165) is 11.1 Å². The van der Waals surface area contributed by atoms with Gasteiger partial charge in [-0.2, -0.15) is 0 Å². The summed E-state index contributed by atoms with van der Waals surface area (Å²) in [6, 6.07) is 54.3. The molecule has 0 bridgehead atoms. The molecule has 0 saturated carbocycles. The Bertz CT molecular complexity index is 2270. The molecular weight excluding hydrogens is 569 g/mol. The fraction of sp³-hybridized carbons (Fsp3) is 0.111. The van der Waals surface area contributed by atoms with E-state index < -0.39 is 0 Å². The summed E-state index contributed by atoms with van der Waals surface area (Å²) in [5.74, 6) is 0. The first-order valence-corrected chi connectivity index (χ1v) is 16.5. The quantitative estimate of drug-likeness (QED) is 0.177. The number of benzene rings is 7. The molecule has 1 aliphatic carbocycles. The van der Waals surface area contributed by atoms with Crippen molar-refractivity contribution in [2.45, 2.75) is 31.5 Å². The van der Waals surface area contributed by atoms with Crippen molar-refractivity contribution in [3.05, 3.63) is 186 Å². The predicted octanol–water partition coefficient (Wildman–Crippen LogP) is 11.0. The maximum absolute atomic E-state index is 6.82. The lowest BCUT2D eigenvalue weighted by Crippen LogP contribution is -2.31. The monoisotopic (exact) mass is 606 g/mol. The summed E-state index contributed by atoms with van der Waals surface area (Å²) in [6.07, 6.45) is 4.24. The number of hydrogen-bond acceptors (Lipinski definition) is 2. The fourth-order valence-corrected chi connectivity index (χ4v) is 7.43. The minimum absolute atomic E-state index is 0.0847. The summed E-state index contributed by atoms with van der Waals surface area (Å²) in [7, 11) is 0. The highest BCUT2D eigenvalue weighted by atomic mass is 15.0. The summed E-state index contributed by atoms with van der Waals surface area (Å²) in [5, 5.41) is 8.80. The summed E-state index contributed by atoms with van der Waals surface area (Å²) in [5.41, 5.74) is 18.0. The van der Waals surface area contributed by atoms with Crippen LogP contribution in [-0.4, -0.2) is 0 Å². The minimum atomic E-state index is -0.334. The molecule has 0 fully saturated rings. The second kappa shape index (κ2) is 11.8. The maximum atomic E-state index is 6.82.